The number of hydrogen-bond acceptors (Lipinski definition) is 8. The zero-order chi connectivity index (χ0) is 65.5. The molecule has 0 aliphatic rings. The van der Waals surface area contributed by atoms with Crippen LogP contribution in [0.1, 0.15) is 206 Å². The van der Waals surface area contributed by atoms with Gasteiger partial charge in [0.05, 0.1) is 27.7 Å². The monoisotopic (exact) mass is 1260 g/mol. The van der Waals surface area contributed by atoms with Crippen molar-refractivity contribution in [3.05, 3.63) is 231 Å². The molecule has 2 atom stereocenters. The lowest BCUT2D eigenvalue weighted by atomic mass is 10.1. The van der Waals surface area contributed by atoms with Gasteiger partial charge in [0.15, 0.2) is 6.10 Å². The van der Waals surface area contributed by atoms with Crippen molar-refractivity contribution in [2.75, 3.05) is 47.5 Å². The summed E-state index contributed by atoms with van der Waals surface area (Å²) >= 11 is 0. The second-order valence-corrected chi connectivity index (χ2v) is 24.1. The molecular formula is C80H122NO8P. The van der Waals surface area contributed by atoms with Crippen molar-refractivity contribution in [3.63, 3.8) is 0 Å². The van der Waals surface area contributed by atoms with E-state index < -0.39 is 32.5 Å². The van der Waals surface area contributed by atoms with Crippen molar-refractivity contribution >= 4 is 19.8 Å². The Bertz CT molecular complexity index is 2370. The Morgan fingerprint density at radius 3 is 0.911 bits per heavy atom. The summed E-state index contributed by atoms with van der Waals surface area (Å²) in [6, 6.07) is 0. The van der Waals surface area contributed by atoms with Gasteiger partial charge in [0.1, 0.15) is 19.8 Å². The number of nitrogens with zero attached hydrogens (tertiary/aromatic N) is 1. The highest BCUT2D eigenvalue weighted by atomic mass is 31.2. The molecule has 0 spiro atoms. The fourth-order valence-electron chi connectivity index (χ4n) is 8.03. The molecule has 0 N–H and O–H groups in total. The molecule has 0 aromatic heterocycles. The van der Waals surface area contributed by atoms with Gasteiger partial charge in [0.2, 0.25) is 0 Å². The minimum Gasteiger partial charge on any atom is -0.756 e. The normalized spacial score (nSPS) is 14.6. The smallest absolute Gasteiger partial charge is 0.306 e. The van der Waals surface area contributed by atoms with E-state index in [1.54, 1.807) is 0 Å². The molecule has 0 bridgehead atoms. The van der Waals surface area contributed by atoms with E-state index in [-0.39, 0.29) is 26.1 Å². The predicted molar refractivity (Wildman–Crippen MR) is 387 cm³/mol. The summed E-state index contributed by atoms with van der Waals surface area (Å²) in [6.07, 6.45) is 110. The van der Waals surface area contributed by atoms with E-state index in [0.29, 0.717) is 23.9 Å². The Labute approximate surface area is 550 Å². The molecule has 10 heteroatoms. The number of ether oxygens (including phenoxy) is 2. The number of phosphoric acid groups is 1. The van der Waals surface area contributed by atoms with Crippen LogP contribution in [0, 0.1) is 0 Å². The minimum atomic E-state index is -4.68. The molecule has 0 saturated heterocycles. The number of esters is 2. The largest absolute Gasteiger partial charge is 0.756 e. The van der Waals surface area contributed by atoms with Crippen LogP contribution in [0.25, 0.3) is 0 Å². The molecule has 500 valence electrons. The molecule has 0 aliphatic carbocycles. The van der Waals surface area contributed by atoms with E-state index in [0.717, 1.165) is 167 Å². The molecule has 2 unspecified atom stereocenters. The second kappa shape index (κ2) is 67.5. The van der Waals surface area contributed by atoms with Gasteiger partial charge in [0, 0.05) is 12.8 Å². The Kier molecular flexibility index (Phi) is 63.0. The van der Waals surface area contributed by atoms with Gasteiger partial charge in [-0.3, -0.25) is 14.2 Å². The first-order valence-electron chi connectivity index (χ1n) is 34.1. The first kappa shape index (κ1) is 84.1. The van der Waals surface area contributed by atoms with E-state index in [2.05, 4.69) is 245 Å². The highest BCUT2D eigenvalue weighted by molar-refractivity contribution is 7.45. The standard InChI is InChI=1S/C80H122NO8P/c1-6-8-10-12-14-16-18-20-22-24-26-28-30-32-34-35-36-37-38-39-40-41-42-43-44-45-47-49-51-53-55-57-59-61-63-65-67-69-71-73-80(83)89-78(77-88-90(84,85)87-75-74-81(3,4)5)76-86-79(82)72-70-68-66-64-62-60-58-56-54-52-50-48-46-33-31-29-27-25-23-21-19-17-15-13-11-9-7-2/h8-11,14-17,20-23,26-29,32-34,36-37,39-40,42-43,45-47,50-53,56-59,62,64,78H,6-7,12-13,18-19,24-25,30-31,35,38,41,44,48-49,54-55,60-61,63,65-77H2,1-5H3/b10-8-,11-9-,16-14-,17-15-,22-20-,23-21-,28-26-,29-27-,34-32-,37-36-,40-39-,43-42-,46-33-,47-45-,52-50-,53-51-,58-56-,59-57-,64-62-. The average molecular weight is 1260 g/mol. The van der Waals surface area contributed by atoms with Crippen molar-refractivity contribution in [1.29, 1.82) is 0 Å². The summed E-state index contributed by atoms with van der Waals surface area (Å²) in [6.45, 7) is 3.89. The van der Waals surface area contributed by atoms with E-state index in [4.69, 9.17) is 18.5 Å². The molecule has 0 aromatic rings. The van der Waals surface area contributed by atoms with Crippen molar-refractivity contribution in [2.24, 2.45) is 0 Å². The summed E-state index contributed by atoms with van der Waals surface area (Å²) in [4.78, 5) is 38.0. The summed E-state index contributed by atoms with van der Waals surface area (Å²) < 4.78 is 34.2. The van der Waals surface area contributed by atoms with Gasteiger partial charge in [-0.15, -0.1) is 0 Å². The van der Waals surface area contributed by atoms with E-state index in [9.17, 15) is 19.0 Å². The van der Waals surface area contributed by atoms with Gasteiger partial charge in [0.25, 0.3) is 7.82 Å². The van der Waals surface area contributed by atoms with Crippen molar-refractivity contribution in [2.45, 2.75) is 213 Å². The molecule has 0 rings (SSSR count). The number of hydrogen-bond donors (Lipinski definition) is 0. The summed E-state index contributed by atoms with van der Waals surface area (Å²) in [7, 11) is 1.09. The quantitative estimate of drug-likeness (QED) is 0.0195. The van der Waals surface area contributed by atoms with Crippen LogP contribution in [0.4, 0.5) is 0 Å². The van der Waals surface area contributed by atoms with Crippen LogP contribution < -0.4 is 4.89 Å². The van der Waals surface area contributed by atoms with Gasteiger partial charge >= 0.3 is 11.9 Å². The predicted octanol–water partition coefficient (Wildman–Crippen LogP) is 22.0. The number of unbranched alkanes of at least 4 members (excludes halogenated alkanes) is 7. The van der Waals surface area contributed by atoms with Gasteiger partial charge < -0.3 is 27.9 Å². The number of carbonyl (C=O) groups is 2. The van der Waals surface area contributed by atoms with Crippen LogP contribution in [0.2, 0.25) is 0 Å². The Balaban J connectivity index is 4.29. The van der Waals surface area contributed by atoms with Gasteiger partial charge in [-0.2, -0.15) is 0 Å². The van der Waals surface area contributed by atoms with E-state index >= 15 is 0 Å². The fraction of sp³-hybridized carbons (Fsp3) is 0.500. The maximum Gasteiger partial charge on any atom is 0.306 e. The molecule has 90 heavy (non-hydrogen) atoms. The maximum atomic E-state index is 12.9. The highest BCUT2D eigenvalue weighted by Crippen LogP contribution is 2.38. The third-order valence-electron chi connectivity index (χ3n) is 13.2. The number of carbonyl (C=O) groups excluding carboxylic acids is 2. The lowest BCUT2D eigenvalue weighted by Gasteiger charge is -2.28. The number of quaternary nitrogens is 1. The first-order valence-corrected chi connectivity index (χ1v) is 35.6. The molecule has 0 heterocycles. The van der Waals surface area contributed by atoms with Crippen LogP contribution in [0.5, 0.6) is 0 Å². The molecule has 0 amide bonds. The minimum absolute atomic E-state index is 0.0564. The Morgan fingerprint density at radius 1 is 0.344 bits per heavy atom. The molecule has 0 radical (unpaired) electrons. The lowest BCUT2D eigenvalue weighted by Crippen LogP contribution is -2.37. The van der Waals surface area contributed by atoms with Gasteiger partial charge in [-0.1, -0.05) is 264 Å². The molecule has 9 nitrogen and oxygen atoms in total. The SMILES string of the molecule is CC/C=C\C/C=C\C/C=C\C/C=C\C/C=C\C/C=C\C/C=C\C/C=C\C/C=C\C/C=C\C/C=C\CCCCCCCC(=O)OC(COC(=O)CCCC/C=C\C/C=C\C/C=C\C/C=C\C/C=C\C/C=C\C/C=C\C/C=C\CC)COP(=O)([O-])OCC[N+](C)(C)C. The van der Waals surface area contributed by atoms with Crippen molar-refractivity contribution in [3.8, 4) is 0 Å². The maximum absolute atomic E-state index is 12.9. The third-order valence-corrected chi connectivity index (χ3v) is 14.1. The second-order valence-electron chi connectivity index (χ2n) is 22.7. The van der Waals surface area contributed by atoms with Crippen LogP contribution >= 0.6 is 7.82 Å². The third kappa shape index (κ3) is 71.1. The van der Waals surface area contributed by atoms with Crippen LogP contribution in [0.3, 0.4) is 0 Å². The summed E-state index contributed by atoms with van der Waals surface area (Å²) in [5, 5.41) is 0. The summed E-state index contributed by atoms with van der Waals surface area (Å²) in [5.74, 6) is -0.929. The average Bonchev–Trinajstić information content (AvgIpc) is 3.58. The molecule has 0 fully saturated rings. The highest BCUT2D eigenvalue weighted by Gasteiger charge is 2.22. The van der Waals surface area contributed by atoms with E-state index in [1.807, 2.05) is 21.1 Å². The zero-order valence-corrected chi connectivity index (χ0v) is 57.6. The van der Waals surface area contributed by atoms with Crippen LogP contribution in [-0.4, -0.2) is 70.0 Å². The van der Waals surface area contributed by atoms with Gasteiger partial charge in [-0.25, -0.2) is 0 Å². The molecule has 0 aromatic carbocycles. The lowest BCUT2D eigenvalue weighted by molar-refractivity contribution is -0.870. The number of likely N-dealkylation sites (N-methyl/N-ethyl adjacent to an activating group) is 1. The van der Waals surface area contributed by atoms with Gasteiger partial charge in [-0.05, 0) is 161 Å². The zero-order valence-electron chi connectivity index (χ0n) is 56.7. The summed E-state index contributed by atoms with van der Waals surface area (Å²) in [5.41, 5.74) is 0. The molecular weight excluding hydrogens is 1130 g/mol. The van der Waals surface area contributed by atoms with Crippen molar-refractivity contribution < 1.29 is 42.1 Å². The topological polar surface area (TPSA) is 111 Å². The molecule has 0 saturated carbocycles. The molecule has 0 aliphatic heterocycles. The first-order chi connectivity index (χ1) is 44.0. The van der Waals surface area contributed by atoms with Crippen molar-refractivity contribution in [1.82, 2.24) is 0 Å². The van der Waals surface area contributed by atoms with Crippen LogP contribution in [-0.2, 0) is 32.7 Å². The van der Waals surface area contributed by atoms with Crippen LogP contribution in [0.15, 0.2) is 231 Å². The number of rotatable bonds is 59. The number of allylic oxidation sites excluding steroid dienone is 38. The Hall–Kier alpha value is -5.93. The Morgan fingerprint density at radius 2 is 0.600 bits per heavy atom. The number of phosphoric ester groups is 1. The van der Waals surface area contributed by atoms with E-state index in [1.165, 1.54) is 0 Å². The fourth-order valence-corrected chi connectivity index (χ4v) is 8.76.